The van der Waals surface area contributed by atoms with Gasteiger partial charge in [-0.25, -0.2) is 9.37 Å². The largest absolute Gasteiger partial charge is 0.335 e. The molecule has 158 valence electrons. The van der Waals surface area contributed by atoms with E-state index in [2.05, 4.69) is 34.1 Å². The summed E-state index contributed by atoms with van der Waals surface area (Å²) in [5.74, 6) is -0.187. The Morgan fingerprint density at radius 2 is 1.74 bits per heavy atom. The Balaban J connectivity index is 1.28. The number of carbonyl (C=O) groups is 1. The number of thiazole rings is 1. The van der Waals surface area contributed by atoms with E-state index in [4.69, 9.17) is 0 Å². The minimum atomic E-state index is -0.266. The van der Waals surface area contributed by atoms with Crippen molar-refractivity contribution in [2.24, 2.45) is 0 Å². The molecule has 0 atom stereocenters. The summed E-state index contributed by atoms with van der Waals surface area (Å²) in [6.45, 7) is 6.07. The number of benzene rings is 2. The van der Waals surface area contributed by atoms with Crippen molar-refractivity contribution in [1.29, 1.82) is 0 Å². The Morgan fingerprint density at radius 3 is 2.42 bits per heavy atom. The maximum atomic E-state index is 13.2. The molecular formula is C24H23FN4OS. The number of amides is 1. The van der Waals surface area contributed by atoms with E-state index in [-0.39, 0.29) is 11.7 Å². The van der Waals surface area contributed by atoms with Gasteiger partial charge in [-0.2, -0.15) is 0 Å². The van der Waals surface area contributed by atoms with Crippen LogP contribution < -0.4 is 0 Å². The summed E-state index contributed by atoms with van der Waals surface area (Å²) in [6, 6.07) is 16.7. The zero-order valence-corrected chi connectivity index (χ0v) is 18.1. The van der Waals surface area contributed by atoms with Crippen LogP contribution in [0.15, 0.2) is 60.8 Å². The highest BCUT2D eigenvalue weighted by Gasteiger charge is 2.26. The third kappa shape index (κ3) is 3.98. The number of hydrogen-bond acceptors (Lipinski definition) is 4. The predicted octanol–water partition coefficient (Wildman–Crippen LogP) is 4.47. The van der Waals surface area contributed by atoms with E-state index >= 15 is 0 Å². The van der Waals surface area contributed by atoms with Gasteiger partial charge in [0.05, 0.1) is 5.69 Å². The van der Waals surface area contributed by atoms with Gasteiger partial charge in [0.15, 0.2) is 4.96 Å². The summed E-state index contributed by atoms with van der Waals surface area (Å²) in [5.41, 5.74) is 3.84. The lowest BCUT2D eigenvalue weighted by molar-refractivity contribution is 0.0632. The first kappa shape index (κ1) is 19.9. The molecule has 1 saturated heterocycles. The Hall–Kier alpha value is -3.03. The molecule has 1 aliphatic rings. The van der Waals surface area contributed by atoms with Crippen molar-refractivity contribution in [2.75, 3.05) is 26.2 Å². The summed E-state index contributed by atoms with van der Waals surface area (Å²) in [4.78, 5) is 23.7. The fourth-order valence-corrected chi connectivity index (χ4v) is 5.08. The minimum absolute atomic E-state index is 0.0793. The first-order chi connectivity index (χ1) is 15.1. The van der Waals surface area contributed by atoms with Crippen LogP contribution in [0.2, 0.25) is 0 Å². The van der Waals surface area contributed by atoms with Crippen LogP contribution in [0.25, 0.3) is 16.2 Å². The summed E-state index contributed by atoms with van der Waals surface area (Å²) < 4.78 is 15.2. The smallest absolute Gasteiger partial charge is 0.265 e. The average Bonchev–Trinajstić information content (AvgIpc) is 3.34. The van der Waals surface area contributed by atoms with Gasteiger partial charge in [0.25, 0.3) is 5.91 Å². The zero-order valence-electron chi connectivity index (χ0n) is 17.3. The van der Waals surface area contributed by atoms with E-state index in [0.717, 1.165) is 59.5 Å². The quantitative estimate of drug-likeness (QED) is 0.476. The van der Waals surface area contributed by atoms with Gasteiger partial charge in [-0.1, -0.05) is 41.7 Å². The van der Waals surface area contributed by atoms with Crippen LogP contribution in [0.5, 0.6) is 0 Å². The lowest BCUT2D eigenvalue weighted by Crippen LogP contribution is -2.48. The Kier molecular flexibility index (Phi) is 5.29. The minimum Gasteiger partial charge on any atom is -0.335 e. The number of aromatic nitrogens is 2. The van der Waals surface area contributed by atoms with E-state index in [1.54, 1.807) is 12.1 Å². The number of aryl methyl sites for hydroxylation is 1. The van der Waals surface area contributed by atoms with Crippen molar-refractivity contribution in [3.8, 4) is 11.3 Å². The molecule has 7 heteroatoms. The molecule has 0 radical (unpaired) electrons. The molecule has 5 nitrogen and oxygen atoms in total. The third-order valence-corrected chi connectivity index (χ3v) is 6.94. The van der Waals surface area contributed by atoms with Crippen LogP contribution in [0, 0.1) is 12.7 Å². The van der Waals surface area contributed by atoms with Crippen molar-refractivity contribution >= 4 is 22.2 Å². The number of carbonyl (C=O) groups excluding carboxylic acids is 1. The van der Waals surface area contributed by atoms with Crippen molar-refractivity contribution in [3.63, 3.8) is 0 Å². The second kappa shape index (κ2) is 8.24. The summed E-state index contributed by atoms with van der Waals surface area (Å²) in [5, 5.41) is 0. The topological polar surface area (TPSA) is 40.9 Å². The number of hydrogen-bond donors (Lipinski definition) is 0. The van der Waals surface area contributed by atoms with Crippen molar-refractivity contribution in [3.05, 3.63) is 82.7 Å². The first-order valence-corrected chi connectivity index (χ1v) is 11.2. The standard InChI is InChI=1S/C24H23FN4OS/c1-17-22(31-24-26-21(16-29(17)24)19-7-9-20(25)10-8-19)23(30)28-13-11-27(12-14-28)15-18-5-3-2-4-6-18/h2-10,16H,11-15H2,1H3. The third-order valence-electron chi connectivity index (χ3n) is 5.80. The SMILES string of the molecule is Cc1c(C(=O)N2CCN(Cc3ccccc3)CC2)sc2nc(-c3ccc(F)cc3)cn12. The first-order valence-electron chi connectivity index (χ1n) is 10.4. The molecule has 0 spiro atoms. The molecule has 3 heterocycles. The number of rotatable bonds is 4. The number of fused-ring (bicyclic) bond motifs is 1. The van der Waals surface area contributed by atoms with Gasteiger partial charge in [-0.3, -0.25) is 14.1 Å². The molecule has 31 heavy (non-hydrogen) atoms. The number of imidazole rings is 1. The number of halogens is 1. The van der Waals surface area contributed by atoms with Crippen LogP contribution in [-0.2, 0) is 6.54 Å². The van der Waals surface area contributed by atoms with E-state index in [0.29, 0.717) is 0 Å². The highest BCUT2D eigenvalue weighted by Crippen LogP contribution is 2.28. The number of nitrogens with zero attached hydrogens (tertiary/aromatic N) is 4. The molecule has 0 aliphatic carbocycles. The lowest BCUT2D eigenvalue weighted by Gasteiger charge is -2.34. The highest BCUT2D eigenvalue weighted by molar-refractivity contribution is 7.19. The summed E-state index contributed by atoms with van der Waals surface area (Å²) in [7, 11) is 0. The van der Waals surface area contributed by atoms with E-state index < -0.39 is 0 Å². The predicted molar refractivity (Wildman–Crippen MR) is 121 cm³/mol. The fraction of sp³-hybridized carbons (Fsp3) is 0.250. The molecule has 0 unspecified atom stereocenters. The van der Waals surface area contributed by atoms with Gasteiger partial charge in [0.1, 0.15) is 10.7 Å². The fourth-order valence-electron chi connectivity index (χ4n) is 4.00. The molecule has 1 aliphatic heterocycles. The molecule has 4 aromatic rings. The molecule has 0 N–H and O–H groups in total. The summed E-state index contributed by atoms with van der Waals surface area (Å²) >= 11 is 1.42. The Morgan fingerprint density at radius 1 is 1.03 bits per heavy atom. The van der Waals surface area contributed by atoms with Gasteiger partial charge in [-0.15, -0.1) is 0 Å². The number of piperazine rings is 1. The maximum absolute atomic E-state index is 13.2. The monoisotopic (exact) mass is 434 g/mol. The Bertz CT molecular complexity index is 1210. The molecule has 1 fully saturated rings. The lowest BCUT2D eigenvalue weighted by atomic mass is 10.2. The van der Waals surface area contributed by atoms with Gasteiger partial charge < -0.3 is 4.90 Å². The molecule has 0 bridgehead atoms. The molecule has 1 amide bonds. The van der Waals surface area contributed by atoms with Crippen molar-refractivity contribution in [1.82, 2.24) is 19.2 Å². The van der Waals surface area contributed by atoms with Gasteiger partial charge in [0.2, 0.25) is 0 Å². The van der Waals surface area contributed by atoms with Crippen LogP contribution in [-0.4, -0.2) is 51.3 Å². The van der Waals surface area contributed by atoms with Crippen molar-refractivity contribution < 1.29 is 9.18 Å². The maximum Gasteiger partial charge on any atom is 0.265 e. The summed E-state index contributed by atoms with van der Waals surface area (Å²) in [6.07, 6.45) is 1.92. The van der Waals surface area contributed by atoms with Crippen molar-refractivity contribution in [2.45, 2.75) is 13.5 Å². The molecule has 0 saturated carbocycles. The second-order valence-corrected chi connectivity index (χ2v) is 8.83. The molecule has 2 aromatic heterocycles. The van der Waals surface area contributed by atoms with Crippen LogP contribution >= 0.6 is 11.3 Å². The van der Waals surface area contributed by atoms with E-state index in [1.807, 2.05) is 28.5 Å². The Labute approximate surface area is 184 Å². The normalized spacial score (nSPS) is 15.0. The van der Waals surface area contributed by atoms with Gasteiger partial charge >= 0.3 is 0 Å². The highest BCUT2D eigenvalue weighted by atomic mass is 32.1. The van der Waals surface area contributed by atoms with Crippen LogP contribution in [0.4, 0.5) is 4.39 Å². The molecule has 2 aromatic carbocycles. The zero-order chi connectivity index (χ0) is 21.4. The van der Waals surface area contributed by atoms with E-state index in [9.17, 15) is 9.18 Å². The molecular weight excluding hydrogens is 411 g/mol. The molecule has 5 rings (SSSR count). The van der Waals surface area contributed by atoms with Crippen LogP contribution in [0.3, 0.4) is 0 Å². The van der Waals surface area contributed by atoms with E-state index in [1.165, 1.54) is 29.0 Å². The average molecular weight is 435 g/mol. The van der Waals surface area contributed by atoms with Gasteiger partial charge in [-0.05, 0) is 36.8 Å². The second-order valence-electron chi connectivity index (χ2n) is 7.86. The van der Waals surface area contributed by atoms with Crippen LogP contribution in [0.1, 0.15) is 20.9 Å². The van der Waals surface area contributed by atoms with Gasteiger partial charge in [0, 0.05) is 50.2 Å².